The number of benzene rings is 3. The third-order valence-electron chi connectivity index (χ3n) is 5.30. The fourth-order valence-corrected chi connectivity index (χ4v) is 3.73. The molecule has 0 bridgehead atoms. The van der Waals surface area contributed by atoms with E-state index in [9.17, 15) is 13.6 Å². The van der Waals surface area contributed by atoms with Gasteiger partial charge in [-0.2, -0.15) is 8.78 Å². The topological polar surface area (TPSA) is 65.4 Å². The first-order valence-corrected chi connectivity index (χ1v) is 10.1. The van der Waals surface area contributed by atoms with Crippen LogP contribution in [-0.2, 0) is 11.2 Å². The van der Waals surface area contributed by atoms with Crippen molar-refractivity contribution in [1.82, 2.24) is 9.55 Å². The van der Waals surface area contributed by atoms with Crippen LogP contribution in [0.5, 0.6) is 11.5 Å². The van der Waals surface area contributed by atoms with Crippen molar-refractivity contribution in [2.24, 2.45) is 0 Å². The standard InChI is InChI=1S/C24H19F2N3O3/c25-24(26)29-19-4-2-1-3-18(19)28-23(29)16-7-9-17(10-8-16)27-22(30)12-6-15-5-11-20-21(13-15)32-14-31-20/h1-5,7-11,13,24H,6,12,14H2,(H,27,30). The first kappa shape index (κ1) is 20.0. The number of carbonyl (C=O) groups is 1. The molecule has 1 N–H and O–H groups in total. The number of amides is 1. The molecule has 0 atom stereocenters. The van der Waals surface area contributed by atoms with Gasteiger partial charge in [-0.15, -0.1) is 0 Å². The summed E-state index contributed by atoms with van der Waals surface area (Å²) in [5, 5.41) is 2.84. The number of carbonyl (C=O) groups excluding carboxylic acids is 1. The largest absolute Gasteiger partial charge is 0.454 e. The number of para-hydroxylation sites is 2. The zero-order chi connectivity index (χ0) is 22.1. The Bertz CT molecular complexity index is 1290. The van der Waals surface area contributed by atoms with E-state index in [0.29, 0.717) is 46.6 Å². The average Bonchev–Trinajstić information content (AvgIpc) is 3.42. The number of alkyl halides is 2. The van der Waals surface area contributed by atoms with Crippen LogP contribution in [0.4, 0.5) is 14.5 Å². The molecule has 0 saturated heterocycles. The summed E-state index contributed by atoms with van der Waals surface area (Å²) in [5.41, 5.74) is 2.98. The Morgan fingerprint density at radius 1 is 1.03 bits per heavy atom. The molecule has 0 radical (unpaired) electrons. The second-order valence-electron chi connectivity index (χ2n) is 7.38. The molecule has 1 aliphatic rings. The summed E-state index contributed by atoms with van der Waals surface area (Å²) in [4.78, 5) is 16.7. The Morgan fingerprint density at radius 3 is 2.62 bits per heavy atom. The number of nitrogens with one attached hydrogen (secondary N) is 1. The van der Waals surface area contributed by atoms with E-state index in [0.717, 1.165) is 10.1 Å². The number of rotatable bonds is 6. The van der Waals surface area contributed by atoms with E-state index in [1.165, 1.54) is 0 Å². The molecule has 32 heavy (non-hydrogen) atoms. The summed E-state index contributed by atoms with van der Waals surface area (Å²) in [6.45, 7) is -2.50. The van der Waals surface area contributed by atoms with Crippen LogP contribution in [0.3, 0.4) is 0 Å². The molecule has 1 aliphatic heterocycles. The molecular formula is C24H19F2N3O3. The van der Waals surface area contributed by atoms with E-state index in [2.05, 4.69) is 10.3 Å². The normalized spacial score (nSPS) is 12.5. The molecule has 2 heterocycles. The summed E-state index contributed by atoms with van der Waals surface area (Å²) in [5.74, 6) is 1.43. The van der Waals surface area contributed by atoms with Gasteiger partial charge in [0.2, 0.25) is 12.7 Å². The van der Waals surface area contributed by atoms with Gasteiger partial charge < -0.3 is 14.8 Å². The number of hydrogen-bond acceptors (Lipinski definition) is 4. The molecule has 1 amide bonds. The summed E-state index contributed by atoms with van der Waals surface area (Å²) in [7, 11) is 0. The highest BCUT2D eigenvalue weighted by atomic mass is 19.3. The molecular weight excluding hydrogens is 416 g/mol. The Balaban J connectivity index is 1.26. The van der Waals surface area contributed by atoms with Crippen molar-refractivity contribution in [2.75, 3.05) is 12.1 Å². The first-order chi connectivity index (χ1) is 15.6. The molecule has 6 nitrogen and oxygen atoms in total. The van der Waals surface area contributed by atoms with Gasteiger partial charge in [-0.05, 0) is 60.5 Å². The van der Waals surface area contributed by atoms with Crippen molar-refractivity contribution in [3.63, 3.8) is 0 Å². The van der Waals surface area contributed by atoms with Gasteiger partial charge in [0.25, 0.3) is 0 Å². The van der Waals surface area contributed by atoms with Gasteiger partial charge in [0.1, 0.15) is 5.82 Å². The van der Waals surface area contributed by atoms with Crippen LogP contribution in [0, 0.1) is 0 Å². The molecule has 0 fully saturated rings. The molecule has 0 spiro atoms. The van der Waals surface area contributed by atoms with Crippen molar-refractivity contribution in [3.8, 4) is 22.9 Å². The maximum Gasteiger partial charge on any atom is 0.320 e. The van der Waals surface area contributed by atoms with E-state index in [1.54, 1.807) is 48.5 Å². The van der Waals surface area contributed by atoms with Crippen molar-refractivity contribution < 1.29 is 23.0 Å². The highest BCUT2D eigenvalue weighted by molar-refractivity contribution is 5.91. The van der Waals surface area contributed by atoms with Gasteiger partial charge in [0.15, 0.2) is 11.5 Å². The Kier molecular flexibility index (Phi) is 5.18. The predicted octanol–water partition coefficient (Wildman–Crippen LogP) is 5.40. The van der Waals surface area contributed by atoms with Crippen LogP contribution in [0.1, 0.15) is 18.5 Å². The van der Waals surface area contributed by atoms with E-state index >= 15 is 0 Å². The molecule has 4 aromatic rings. The number of halogens is 2. The van der Waals surface area contributed by atoms with Crippen LogP contribution >= 0.6 is 0 Å². The maximum atomic E-state index is 13.7. The summed E-state index contributed by atoms with van der Waals surface area (Å²) >= 11 is 0. The number of anilines is 1. The van der Waals surface area contributed by atoms with Crippen LogP contribution < -0.4 is 14.8 Å². The lowest BCUT2D eigenvalue weighted by molar-refractivity contribution is -0.116. The van der Waals surface area contributed by atoms with Gasteiger partial charge in [-0.1, -0.05) is 18.2 Å². The molecule has 1 aromatic heterocycles. The molecule has 8 heteroatoms. The molecule has 162 valence electrons. The zero-order valence-corrected chi connectivity index (χ0v) is 16.9. The number of ether oxygens (including phenoxy) is 2. The zero-order valence-electron chi connectivity index (χ0n) is 16.9. The second-order valence-corrected chi connectivity index (χ2v) is 7.38. The molecule has 0 saturated carbocycles. The van der Waals surface area contributed by atoms with Gasteiger partial charge >= 0.3 is 6.55 Å². The van der Waals surface area contributed by atoms with Gasteiger partial charge in [0, 0.05) is 17.7 Å². The molecule has 3 aromatic carbocycles. The van der Waals surface area contributed by atoms with E-state index < -0.39 is 6.55 Å². The predicted molar refractivity (Wildman–Crippen MR) is 116 cm³/mol. The fraction of sp³-hybridized carbons (Fsp3) is 0.167. The Morgan fingerprint density at radius 2 is 1.81 bits per heavy atom. The highest BCUT2D eigenvalue weighted by Crippen LogP contribution is 2.33. The minimum atomic E-state index is -2.71. The van der Waals surface area contributed by atoms with Crippen LogP contribution in [0.2, 0.25) is 0 Å². The van der Waals surface area contributed by atoms with Crippen LogP contribution in [0.25, 0.3) is 22.4 Å². The average molecular weight is 435 g/mol. The number of aromatic nitrogens is 2. The lowest BCUT2D eigenvalue weighted by atomic mass is 10.1. The number of aryl methyl sites for hydroxylation is 1. The lowest BCUT2D eigenvalue weighted by Crippen LogP contribution is -2.12. The summed E-state index contributed by atoms with van der Waals surface area (Å²) in [6.07, 6.45) is 0.849. The van der Waals surface area contributed by atoms with Gasteiger partial charge in [-0.3, -0.25) is 9.36 Å². The molecule has 5 rings (SSSR count). The smallest absolute Gasteiger partial charge is 0.320 e. The van der Waals surface area contributed by atoms with E-state index in [1.807, 2.05) is 18.2 Å². The third-order valence-corrected chi connectivity index (χ3v) is 5.30. The van der Waals surface area contributed by atoms with E-state index in [-0.39, 0.29) is 18.5 Å². The van der Waals surface area contributed by atoms with Gasteiger partial charge in [-0.25, -0.2) is 4.98 Å². The van der Waals surface area contributed by atoms with Crippen molar-refractivity contribution in [1.29, 1.82) is 0 Å². The summed E-state index contributed by atoms with van der Waals surface area (Å²) in [6, 6.07) is 19.1. The second kappa shape index (κ2) is 8.30. The minimum Gasteiger partial charge on any atom is -0.454 e. The fourth-order valence-electron chi connectivity index (χ4n) is 3.73. The number of fused-ring (bicyclic) bond motifs is 2. The number of hydrogen-bond donors (Lipinski definition) is 1. The Labute approximate surface area is 182 Å². The minimum absolute atomic E-state index is 0.143. The van der Waals surface area contributed by atoms with Crippen molar-refractivity contribution in [3.05, 3.63) is 72.3 Å². The molecule has 0 unspecified atom stereocenters. The third kappa shape index (κ3) is 3.87. The van der Waals surface area contributed by atoms with Crippen molar-refractivity contribution >= 4 is 22.6 Å². The van der Waals surface area contributed by atoms with Crippen molar-refractivity contribution in [2.45, 2.75) is 19.4 Å². The maximum absolute atomic E-state index is 13.7. The molecule has 0 aliphatic carbocycles. The number of nitrogens with zero attached hydrogens (tertiary/aromatic N) is 2. The number of imidazole rings is 1. The monoisotopic (exact) mass is 435 g/mol. The first-order valence-electron chi connectivity index (χ1n) is 10.1. The van der Waals surface area contributed by atoms with Gasteiger partial charge in [0.05, 0.1) is 11.0 Å². The van der Waals surface area contributed by atoms with E-state index in [4.69, 9.17) is 9.47 Å². The highest BCUT2D eigenvalue weighted by Gasteiger charge is 2.19. The SMILES string of the molecule is O=C(CCc1ccc2c(c1)OCO2)Nc1ccc(-c2nc3ccccc3n2C(F)F)cc1. The summed E-state index contributed by atoms with van der Waals surface area (Å²) < 4.78 is 38.9. The van der Waals surface area contributed by atoms with Crippen LogP contribution in [-0.4, -0.2) is 22.3 Å². The Hall–Kier alpha value is -3.94. The quantitative estimate of drug-likeness (QED) is 0.441. The lowest BCUT2D eigenvalue weighted by Gasteiger charge is -2.09. The van der Waals surface area contributed by atoms with Crippen LogP contribution in [0.15, 0.2) is 66.7 Å².